The van der Waals surface area contributed by atoms with Crippen LogP contribution >= 0.6 is 0 Å². The molecule has 2 aromatic rings. The molecule has 1 aliphatic carbocycles. The highest BCUT2D eigenvalue weighted by Crippen LogP contribution is 2.34. The summed E-state index contributed by atoms with van der Waals surface area (Å²) in [6, 6.07) is 0. The fourth-order valence-electron chi connectivity index (χ4n) is 3.56. The fourth-order valence-corrected chi connectivity index (χ4v) is 3.56. The van der Waals surface area contributed by atoms with Crippen molar-refractivity contribution in [3.05, 3.63) is 44.3 Å². The van der Waals surface area contributed by atoms with E-state index in [0.29, 0.717) is 17.8 Å². The van der Waals surface area contributed by atoms with Crippen molar-refractivity contribution in [1.29, 1.82) is 0 Å². The first kappa shape index (κ1) is 19.5. The van der Waals surface area contributed by atoms with Gasteiger partial charge in [-0.2, -0.15) is 0 Å². The van der Waals surface area contributed by atoms with Crippen LogP contribution in [0.15, 0.2) is 12.7 Å². The van der Waals surface area contributed by atoms with Crippen molar-refractivity contribution in [1.82, 2.24) is 19.5 Å². The third-order valence-electron chi connectivity index (χ3n) is 5.06. The van der Waals surface area contributed by atoms with Gasteiger partial charge in [0, 0.05) is 6.61 Å². The molecule has 4 atom stereocenters. The second-order valence-electron chi connectivity index (χ2n) is 6.91. The highest BCUT2D eigenvalue weighted by molar-refractivity contribution is 5.81. The van der Waals surface area contributed by atoms with Crippen LogP contribution in [0.2, 0.25) is 0 Å². The van der Waals surface area contributed by atoms with E-state index in [-0.39, 0.29) is 12.4 Å². The maximum atomic E-state index is 10.6. The van der Waals surface area contributed by atoms with Crippen molar-refractivity contribution in [2.24, 2.45) is 0 Å². The summed E-state index contributed by atoms with van der Waals surface area (Å²) < 4.78 is 13.5. The first-order valence-corrected chi connectivity index (χ1v) is 9.38. The Morgan fingerprint density at radius 2 is 2.00 bits per heavy atom. The molecule has 2 aromatic heterocycles. The molecule has 28 heavy (non-hydrogen) atoms. The second-order valence-corrected chi connectivity index (χ2v) is 6.91. The number of anilines is 1. The van der Waals surface area contributed by atoms with Gasteiger partial charge >= 0.3 is 0 Å². The largest absolute Gasteiger partial charge is 0.394 e. The molecule has 9 heteroatoms. The number of unbranched alkanes of at least 4 members (excludes halogenated alkanes) is 1. The van der Waals surface area contributed by atoms with Crippen molar-refractivity contribution in [3.63, 3.8) is 0 Å². The zero-order valence-corrected chi connectivity index (χ0v) is 15.4. The van der Waals surface area contributed by atoms with Gasteiger partial charge in [-0.1, -0.05) is 6.42 Å². The second kappa shape index (κ2) is 8.69. The number of aromatic nitrogens is 4. The molecule has 1 saturated carbocycles. The Kier molecular flexibility index (Phi) is 6.05. The fraction of sp³-hybridized carbons (Fsp3) is 0.474. The molecule has 3 heterocycles. The zero-order chi connectivity index (χ0) is 19.5. The normalized spacial score (nSPS) is 28.5. The van der Waals surface area contributed by atoms with Gasteiger partial charge in [-0.05, 0) is 44.4 Å². The Hall–Kier alpha value is -1.81. The van der Waals surface area contributed by atoms with Crippen LogP contribution < -0.4 is 5.73 Å². The van der Waals surface area contributed by atoms with Crippen molar-refractivity contribution >= 4 is 17.0 Å². The third-order valence-corrected chi connectivity index (χ3v) is 5.06. The molecule has 2 aliphatic rings. The molecule has 2 fully saturated rings. The van der Waals surface area contributed by atoms with Gasteiger partial charge in [-0.25, -0.2) is 15.0 Å². The van der Waals surface area contributed by atoms with Crippen molar-refractivity contribution in [2.75, 3.05) is 18.9 Å². The maximum absolute atomic E-state index is 10.6. The summed E-state index contributed by atoms with van der Waals surface area (Å²) in [5.41, 5.74) is 6.80. The molecule has 9 nitrogen and oxygen atoms in total. The van der Waals surface area contributed by atoms with E-state index in [1.165, 1.54) is 12.2 Å². The summed E-state index contributed by atoms with van der Waals surface area (Å²) >= 11 is 0. The molecular formula is C19H24N5O4. The van der Waals surface area contributed by atoms with Crippen molar-refractivity contribution < 1.29 is 19.7 Å². The standard InChI is InChI=1S/C19H24N5O4/c20-17-14-18(22-10-21-17)24(11-23-14)19-16(15(26)13(9-25)28-19)27-8-4-3-7-12-5-1-2-6-12/h1-2,5-6,10-11,13,15-16,19,25-26H,3-4,7-9H2,(H2,20,21,22)/t13-,15-,16-,19-/m1/s1. The van der Waals surface area contributed by atoms with Crippen LogP contribution in [-0.4, -0.2) is 61.3 Å². The van der Waals surface area contributed by atoms with Gasteiger partial charge in [0.2, 0.25) is 0 Å². The minimum Gasteiger partial charge on any atom is -0.394 e. The van der Waals surface area contributed by atoms with Crippen LogP contribution in [0, 0.1) is 31.6 Å². The molecule has 0 aromatic carbocycles. The molecule has 0 spiro atoms. The number of nitrogens with zero attached hydrogens (tertiary/aromatic N) is 4. The van der Waals surface area contributed by atoms with Crippen LogP contribution in [-0.2, 0) is 9.47 Å². The molecule has 1 aliphatic heterocycles. The van der Waals surface area contributed by atoms with E-state index in [1.54, 1.807) is 10.9 Å². The predicted molar refractivity (Wildman–Crippen MR) is 101 cm³/mol. The van der Waals surface area contributed by atoms with Crippen LogP contribution in [0.4, 0.5) is 5.82 Å². The lowest BCUT2D eigenvalue weighted by Gasteiger charge is -2.22. The Balaban J connectivity index is 1.41. The van der Waals surface area contributed by atoms with Gasteiger partial charge in [0.15, 0.2) is 17.7 Å². The van der Waals surface area contributed by atoms with E-state index in [9.17, 15) is 10.2 Å². The van der Waals surface area contributed by atoms with Crippen molar-refractivity contribution in [3.8, 4) is 0 Å². The minimum absolute atomic E-state index is 0.269. The van der Waals surface area contributed by atoms with Crippen LogP contribution in [0.5, 0.6) is 0 Å². The predicted octanol–water partition coefficient (Wildman–Crippen LogP) is 0.620. The average Bonchev–Trinajstić information content (AvgIpc) is 3.42. The van der Waals surface area contributed by atoms with Crippen LogP contribution in [0.3, 0.4) is 0 Å². The lowest BCUT2D eigenvalue weighted by Crippen LogP contribution is -2.35. The third kappa shape index (κ3) is 3.84. The number of rotatable bonds is 8. The van der Waals surface area contributed by atoms with E-state index in [2.05, 4.69) is 27.8 Å². The molecular weight excluding hydrogens is 362 g/mol. The number of hydrogen-bond acceptors (Lipinski definition) is 8. The van der Waals surface area contributed by atoms with E-state index in [1.807, 2.05) is 12.8 Å². The Morgan fingerprint density at radius 1 is 1.18 bits per heavy atom. The lowest BCUT2D eigenvalue weighted by molar-refractivity contribution is -0.0710. The summed E-state index contributed by atoms with van der Waals surface area (Å²) in [7, 11) is 0. The summed E-state index contributed by atoms with van der Waals surface area (Å²) in [5.74, 6) is 1.58. The quantitative estimate of drug-likeness (QED) is 0.563. The number of imidazole rings is 1. The van der Waals surface area contributed by atoms with E-state index >= 15 is 0 Å². The smallest absolute Gasteiger partial charge is 0.167 e. The monoisotopic (exact) mass is 386 g/mol. The number of nitrogen functional groups attached to an aromatic ring is 1. The molecule has 149 valence electrons. The molecule has 0 unspecified atom stereocenters. The Bertz CT molecular complexity index is 779. The topological polar surface area (TPSA) is 129 Å². The molecule has 4 N–H and O–H groups in total. The highest BCUT2D eigenvalue weighted by atomic mass is 16.6. The average molecular weight is 386 g/mol. The van der Waals surface area contributed by atoms with Gasteiger partial charge in [0.05, 0.1) is 12.9 Å². The lowest BCUT2D eigenvalue weighted by atomic mass is 10.0. The minimum atomic E-state index is -0.957. The molecule has 4 rings (SSSR count). The van der Waals surface area contributed by atoms with Gasteiger partial charge in [0.25, 0.3) is 0 Å². The molecule has 0 amide bonds. The first-order chi connectivity index (χ1) is 13.7. The van der Waals surface area contributed by atoms with Crippen LogP contribution in [0.25, 0.3) is 11.2 Å². The summed E-state index contributed by atoms with van der Waals surface area (Å²) in [5, 5.41) is 20.1. The summed E-state index contributed by atoms with van der Waals surface area (Å²) in [6.45, 7) is 0.169. The van der Waals surface area contributed by atoms with Gasteiger partial charge in [0.1, 0.15) is 30.2 Å². The Labute approximate surface area is 163 Å². The molecule has 1 saturated heterocycles. The number of hydrogen-bond donors (Lipinski definition) is 3. The van der Waals surface area contributed by atoms with E-state index in [4.69, 9.17) is 15.2 Å². The Morgan fingerprint density at radius 3 is 2.79 bits per heavy atom. The van der Waals surface area contributed by atoms with Gasteiger partial charge in [-0.3, -0.25) is 4.57 Å². The summed E-state index contributed by atoms with van der Waals surface area (Å²) in [4.78, 5) is 12.4. The van der Waals surface area contributed by atoms with Gasteiger partial charge < -0.3 is 25.4 Å². The number of nitrogens with two attached hydrogens (primary N) is 1. The number of aliphatic hydroxyl groups is 2. The van der Waals surface area contributed by atoms with Gasteiger partial charge in [-0.15, -0.1) is 0 Å². The van der Waals surface area contributed by atoms with E-state index in [0.717, 1.165) is 19.3 Å². The first-order valence-electron chi connectivity index (χ1n) is 9.38. The maximum Gasteiger partial charge on any atom is 0.167 e. The number of ether oxygens (including phenoxy) is 2. The van der Waals surface area contributed by atoms with E-state index < -0.39 is 24.5 Å². The van der Waals surface area contributed by atoms with Crippen molar-refractivity contribution in [2.45, 2.75) is 43.8 Å². The molecule has 0 bridgehead atoms. The summed E-state index contributed by atoms with van der Waals surface area (Å²) in [6.07, 6.45) is 11.0. The zero-order valence-electron chi connectivity index (χ0n) is 15.4. The highest BCUT2D eigenvalue weighted by Gasteiger charge is 2.45. The SMILES string of the molecule is Nc1ncnc2c1ncn2[C@@H]1O[C@H](CO)[C@@H](O)[C@H]1OCCCC[C]1[CH][CH][CH][CH]1. The number of fused-ring (bicyclic) bond motifs is 1. The van der Waals surface area contributed by atoms with Crippen LogP contribution in [0.1, 0.15) is 25.5 Å². The number of aliphatic hydroxyl groups excluding tert-OH is 2. The molecule has 5 radical (unpaired) electrons.